The Kier molecular flexibility index (Phi) is 7.20. The Morgan fingerprint density at radius 3 is 2.71 bits per heavy atom. The zero-order valence-corrected chi connectivity index (χ0v) is 12.4. The van der Waals surface area contributed by atoms with E-state index in [1.165, 1.54) is 0 Å². The van der Waals surface area contributed by atoms with Gasteiger partial charge < -0.3 is 26.0 Å². The maximum Gasteiger partial charge on any atom is 0.243 e. The van der Waals surface area contributed by atoms with E-state index >= 15 is 0 Å². The van der Waals surface area contributed by atoms with E-state index in [4.69, 9.17) is 10.5 Å². The number of hydrogen-bond donors (Lipinski definition) is 3. The van der Waals surface area contributed by atoms with E-state index in [1.807, 2.05) is 25.1 Å². The lowest BCUT2D eigenvalue weighted by molar-refractivity contribution is -0.123. The van der Waals surface area contributed by atoms with Crippen LogP contribution in [0.15, 0.2) is 24.3 Å². The highest BCUT2D eigenvalue weighted by molar-refractivity contribution is 5.94. The summed E-state index contributed by atoms with van der Waals surface area (Å²) in [6.45, 7) is 1.13. The van der Waals surface area contributed by atoms with Crippen LogP contribution in [0.5, 0.6) is 5.75 Å². The highest BCUT2D eigenvalue weighted by atomic mass is 16.5. The minimum Gasteiger partial charge on any atom is -0.492 e. The second-order valence-electron chi connectivity index (χ2n) is 4.71. The number of likely N-dealkylation sites (N-methyl/N-ethyl adjacent to an activating group) is 1. The fourth-order valence-electron chi connectivity index (χ4n) is 1.47. The number of ether oxygens (including phenoxy) is 1. The zero-order valence-electron chi connectivity index (χ0n) is 12.4. The number of nitrogens with zero attached hydrogens (tertiary/aromatic N) is 1. The van der Waals surface area contributed by atoms with Crippen molar-refractivity contribution in [2.45, 2.75) is 0 Å². The van der Waals surface area contributed by atoms with Crippen molar-refractivity contribution >= 4 is 17.5 Å². The Labute approximate surface area is 124 Å². The Morgan fingerprint density at radius 2 is 2.05 bits per heavy atom. The SMILES string of the molecule is CN(C)CCOc1cccc(NC(=O)CNC(=O)CN)c1. The van der Waals surface area contributed by atoms with Crippen LogP contribution in [0.2, 0.25) is 0 Å². The van der Waals surface area contributed by atoms with Crippen molar-refractivity contribution < 1.29 is 14.3 Å². The fraction of sp³-hybridized carbons (Fsp3) is 0.429. The zero-order chi connectivity index (χ0) is 15.7. The van der Waals surface area contributed by atoms with Crippen molar-refractivity contribution in [3.05, 3.63) is 24.3 Å². The number of rotatable bonds is 8. The second-order valence-corrected chi connectivity index (χ2v) is 4.71. The Bertz CT molecular complexity index is 477. The van der Waals surface area contributed by atoms with E-state index in [-0.39, 0.29) is 24.9 Å². The van der Waals surface area contributed by atoms with Gasteiger partial charge in [-0.05, 0) is 26.2 Å². The van der Waals surface area contributed by atoms with Gasteiger partial charge in [-0.1, -0.05) is 6.07 Å². The van der Waals surface area contributed by atoms with E-state index in [0.29, 0.717) is 18.0 Å². The number of carbonyl (C=O) groups is 2. The minimum absolute atomic E-state index is 0.109. The first kappa shape index (κ1) is 16.9. The van der Waals surface area contributed by atoms with Crippen molar-refractivity contribution in [1.82, 2.24) is 10.2 Å². The van der Waals surface area contributed by atoms with E-state index in [1.54, 1.807) is 18.2 Å². The third-order valence-corrected chi connectivity index (χ3v) is 2.56. The molecule has 0 aliphatic heterocycles. The number of nitrogens with two attached hydrogens (primary N) is 1. The Balaban J connectivity index is 2.44. The molecule has 7 heteroatoms. The van der Waals surface area contributed by atoms with E-state index in [2.05, 4.69) is 10.6 Å². The maximum atomic E-state index is 11.6. The van der Waals surface area contributed by atoms with E-state index in [9.17, 15) is 9.59 Å². The molecule has 0 aliphatic rings. The van der Waals surface area contributed by atoms with Crippen LogP contribution in [0.4, 0.5) is 5.69 Å². The number of nitrogens with one attached hydrogen (secondary N) is 2. The maximum absolute atomic E-state index is 11.6. The van der Waals surface area contributed by atoms with Crippen LogP contribution in [0.25, 0.3) is 0 Å². The predicted octanol–water partition coefficient (Wildman–Crippen LogP) is -0.360. The molecule has 21 heavy (non-hydrogen) atoms. The molecular weight excluding hydrogens is 272 g/mol. The lowest BCUT2D eigenvalue weighted by atomic mass is 10.3. The molecule has 4 N–H and O–H groups in total. The van der Waals surface area contributed by atoms with Crippen molar-refractivity contribution in [3.8, 4) is 5.75 Å². The molecule has 116 valence electrons. The number of benzene rings is 1. The highest BCUT2D eigenvalue weighted by Crippen LogP contribution is 2.17. The number of amides is 2. The molecule has 1 rings (SSSR count). The van der Waals surface area contributed by atoms with Crippen LogP contribution in [0.3, 0.4) is 0 Å². The van der Waals surface area contributed by atoms with Crippen molar-refractivity contribution in [3.63, 3.8) is 0 Å². The first-order valence-electron chi connectivity index (χ1n) is 6.65. The molecule has 0 saturated carbocycles. The van der Waals surface area contributed by atoms with Gasteiger partial charge in [-0.25, -0.2) is 0 Å². The summed E-state index contributed by atoms with van der Waals surface area (Å²) >= 11 is 0. The first-order chi connectivity index (χ1) is 10.0. The molecule has 0 aromatic heterocycles. The Morgan fingerprint density at radius 1 is 1.29 bits per heavy atom. The average molecular weight is 294 g/mol. The molecule has 0 bridgehead atoms. The first-order valence-corrected chi connectivity index (χ1v) is 6.65. The van der Waals surface area contributed by atoms with Crippen molar-refractivity contribution in [2.75, 3.05) is 45.7 Å². The third kappa shape index (κ3) is 7.28. The molecule has 1 aromatic carbocycles. The Hall–Kier alpha value is -2.12. The molecule has 7 nitrogen and oxygen atoms in total. The van der Waals surface area contributed by atoms with Gasteiger partial charge in [0.2, 0.25) is 11.8 Å². The number of anilines is 1. The summed E-state index contributed by atoms with van der Waals surface area (Å²) in [5, 5.41) is 5.08. The monoisotopic (exact) mass is 294 g/mol. The van der Waals surface area contributed by atoms with Gasteiger partial charge in [0.05, 0.1) is 13.1 Å². The summed E-state index contributed by atoms with van der Waals surface area (Å²) < 4.78 is 5.58. The van der Waals surface area contributed by atoms with Gasteiger partial charge in [-0.3, -0.25) is 9.59 Å². The van der Waals surface area contributed by atoms with Gasteiger partial charge in [-0.2, -0.15) is 0 Å². The molecule has 0 unspecified atom stereocenters. The molecule has 0 fully saturated rings. The predicted molar refractivity (Wildman–Crippen MR) is 81.2 cm³/mol. The number of carbonyl (C=O) groups excluding carboxylic acids is 2. The summed E-state index contributed by atoms with van der Waals surface area (Å²) in [7, 11) is 3.94. The minimum atomic E-state index is -0.370. The average Bonchev–Trinajstić information content (AvgIpc) is 2.44. The van der Waals surface area contributed by atoms with Gasteiger partial charge in [0.1, 0.15) is 12.4 Å². The molecule has 0 aliphatic carbocycles. The van der Waals surface area contributed by atoms with Gasteiger partial charge in [0, 0.05) is 18.3 Å². The van der Waals surface area contributed by atoms with E-state index < -0.39 is 0 Å². The van der Waals surface area contributed by atoms with Crippen LogP contribution in [0, 0.1) is 0 Å². The normalized spacial score (nSPS) is 10.3. The van der Waals surface area contributed by atoms with Crippen LogP contribution < -0.4 is 21.1 Å². The van der Waals surface area contributed by atoms with Crippen LogP contribution in [-0.2, 0) is 9.59 Å². The second kappa shape index (κ2) is 8.93. The molecule has 0 spiro atoms. The summed E-state index contributed by atoms with van der Waals surface area (Å²) in [6, 6.07) is 7.10. The standard InChI is InChI=1S/C14H22N4O3/c1-18(2)6-7-21-12-5-3-4-11(8-12)17-14(20)10-16-13(19)9-15/h3-5,8H,6-7,9-10,15H2,1-2H3,(H,16,19)(H,17,20). The van der Waals surface area contributed by atoms with Crippen LogP contribution in [-0.4, -0.2) is 57.1 Å². The van der Waals surface area contributed by atoms with Gasteiger partial charge >= 0.3 is 0 Å². The van der Waals surface area contributed by atoms with Gasteiger partial charge in [0.15, 0.2) is 0 Å². The third-order valence-electron chi connectivity index (χ3n) is 2.56. The molecular formula is C14H22N4O3. The largest absolute Gasteiger partial charge is 0.492 e. The molecule has 2 amide bonds. The highest BCUT2D eigenvalue weighted by Gasteiger charge is 2.05. The smallest absolute Gasteiger partial charge is 0.243 e. The summed E-state index contributed by atoms with van der Waals surface area (Å²) in [4.78, 5) is 24.6. The molecule has 0 heterocycles. The lowest BCUT2D eigenvalue weighted by Crippen LogP contribution is -2.36. The molecule has 0 saturated heterocycles. The summed E-state index contributed by atoms with van der Waals surface area (Å²) in [5.41, 5.74) is 5.75. The van der Waals surface area contributed by atoms with Gasteiger partial charge in [0.25, 0.3) is 0 Å². The van der Waals surface area contributed by atoms with Crippen LogP contribution >= 0.6 is 0 Å². The molecule has 1 aromatic rings. The number of hydrogen-bond acceptors (Lipinski definition) is 5. The summed E-state index contributed by atoms with van der Waals surface area (Å²) in [6.07, 6.45) is 0. The molecule has 0 atom stereocenters. The lowest BCUT2D eigenvalue weighted by Gasteiger charge is -2.12. The summed E-state index contributed by atoms with van der Waals surface area (Å²) in [5.74, 6) is -0.00574. The fourth-order valence-corrected chi connectivity index (χ4v) is 1.47. The quantitative estimate of drug-likeness (QED) is 0.608. The van der Waals surface area contributed by atoms with Crippen molar-refractivity contribution in [1.29, 1.82) is 0 Å². The van der Waals surface area contributed by atoms with E-state index in [0.717, 1.165) is 6.54 Å². The van der Waals surface area contributed by atoms with Gasteiger partial charge in [-0.15, -0.1) is 0 Å². The molecule has 0 radical (unpaired) electrons. The topological polar surface area (TPSA) is 96.7 Å². The van der Waals surface area contributed by atoms with Crippen LogP contribution in [0.1, 0.15) is 0 Å². The van der Waals surface area contributed by atoms with Crippen molar-refractivity contribution in [2.24, 2.45) is 5.73 Å².